The topological polar surface area (TPSA) is 114 Å². The number of hydrogen-bond donors (Lipinski definition) is 1. The number of nitrogens with zero attached hydrogens (tertiary/aromatic N) is 1. The van der Waals surface area contributed by atoms with E-state index in [9.17, 15) is 19.0 Å². The van der Waals surface area contributed by atoms with Crippen molar-refractivity contribution < 1.29 is 37.3 Å². The van der Waals surface area contributed by atoms with Crippen molar-refractivity contribution in [2.75, 3.05) is 40.9 Å². The van der Waals surface area contributed by atoms with Gasteiger partial charge in [0.2, 0.25) is 5.91 Å². The molecule has 10 heteroatoms. The van der Waals surface area contributed by atoms with E-state index in [0.29, 0.717) is 23.9 Å². The Kier molecular flexibility index (Phi) is 59.8. The molecule has 0 aromatic carbocycles. The van der Waals surface area contributed by atoms with Crippen molar-refractivity contribution in [1.29, 1.82) is 0 Å². The number of phosphoric acid groups is 1. The first-order chi connectivity index (χ1) is 40.9. The highest BCUT2D eigenvalue weighted by atomic mass is 31.2. The maximum absolute atomic E-state index is 13.6. The number of phosphoric ester groups is 1. The lowest BCUT2D eigenvalue weighted by Crippen LogP contribution is -2.47. The lowest BCUT2D eigenvalue weighted by atomic mass is 10.0. The zero-order chi connectivity index (χ0) is 61.4. The summed E-state index contributed by atoms with van der Waals surface area (Å²) in [6.07, 6.45) is 87.7. The van der Waals surface area contributed by atoms with E-state index < -0.39 is 32.5 Å². The van der Waals surface area contributed by atoms with Crippen LogP contribution in [0.4, 0.5) is 0 Å². The van der Waals surface area contributed by atoms with E-state index in [1.54, 1.807) is 0 Å². The average Bonchev–Trinajstić information content (AvgIpc) is 3.65. The van der Waals surface area contributed by atoms with Crippen molar-refractivity contribution in [1.82, 2.24) is 5.32 Å². The van der Waals surface area contributed by atoms with Gasteiger partial charge in [-0.05, 0) is 109 Å². The normalized spacial score (nSPS) is 14.3. The fourth-order valence-electron chi connectivity index (χ4n) is 9.38. The van der Waals surface area contributed by atoms with Crippen LogP contribution < -0.4 is 10.2 Å². The van der Waals surface area contributed by atoms with E-state index in [1.807, 2.05) is 45.4 Å². The fraction of sp³-hybridized carbons (Fsp3) is 0.703. The summed E-state index contributed by atoms with van der Waals surface area (Å²) in [7, 11) is 1.14. The average molecular weight is 1190 g/mol. The molecule has 0 rings (SSSR count). The van der Waals surface area contributed by atoms with Gasteiger partial charge in [-0.3, -0.25) is 14.2 Å². The maximum atomic E-state index is 13.6. The third-order valence-corrected chi connectivity index (χ3v) is 15.6. The standard InChI is InChI=1S/C74H129N2O7P/c1-7-10-13-16-19-22-25-28-30-32-34-35-36-37-38-39-40-41-43-44-46-48-51-54-57-60-63-66-73(77)75-71(70-82-84(79,80)81-69-68-76(4,5)6)72(65-62-59-56-53-50-27-24-21-18-15-12-9-3)83-74(78)67-64-61-58-55-52-49-47-45-42-33-31-29-26-23-20-17-14-11-8-2/h11,14,19-20,22-23,28-31,34-35,42,45,49,52,58,61-62,65,71-72H,7-10,12-13,15-18,21,24-27,32-33,36-41,43-44,46-48,50-51,53-57,59-60,63-64,66-70H2,1-6H3,(H-,75,77,79,80)/b14-11-,22-19-,23-20-,30-28-,31-29-,35-34-,45-42-,52-49-,61-58-,65-62-. The van der Waals surface area contributed by atoms with Gasteiger partial charge in [0.15, 0.2) is 0 Å². The van der Waals surface area contributed by atoms with Gasteiger partial charge >= 0.3 is 5.97 Å². The van der Waals surface area contributed by atoms with Gasteiger partial charge in [0.1, 0.15) is 19.3 Å². The fourth-order valence-corrected chi connectivity index (χ4v) is 10.1. The molecule has 1 N–H and O–H groups in total. The van der Waals surface area contributed by atoms with Crippen molar-refractivity contribution in [2.45, 2.75) is 296 Å². The predicted octanol–water partition coefficient (Wildman–Crippen LogP) is 21.2. The van der Waals surface area contributed by atoms with Crippen LogP contribution in [-0.2, 0) is 27.9 Å². The van der Waals surface area contributed by atoms with Gasteiger partial charge in [0.25, 0.3) is 7.82 Å². The van der Waals surface area contributed by atoms with Crippen molar-refractivity contribution in [3.8, 4) is 0 Å². The molecule has 0 aliphatic rings. The predicted molar refractivity (Wildman–Crippen MR) is 362 cm³/mol. The van der Waals surface area contributed by atoms with Gasteiger partial charge in [-0.15, -0.1) is 0 Å². The maximum Gasteiger partial charge on any atom is 0.306 e. The van der Waals surface area contributed by atoms with Crippen LogP contribution in [0.2, 0.25) is 0 Å². The number of carbonyl (C=O) groups excluding carboxylic acids is 2. The number of amides is 1. The molecule has 0 fully saturated rings. The Labute approximate surface area is 518 Å². The first-order valence-corrected chi connectivity index (χ1v) is 35.8. The van der Waals surface area contributed by atoms with Gasteiger partial charge in [-0.2, -0.15) is 0 Å². The van der Waals surface area contributed by atoms with E-state index in [1.165, 1.54) is 148 Å². The van der Waals surface area contributed by atoms with Crippen LogP contribution in [0.25, 0.3) is 0 Å². The Bertz CT molecular complexity index is 1850. The molecule has 1 amide bonds. The summed E-state index contributed by atoms with van der Waals surface area (Å²) in [4.78, 5) is 40.1. The first kappa shape index (κ1) is 80.4. The molecule has 0 heterocycles. The molecular formula is C74H129N2O7P. The number of ether oxygens (including phenoxy) is 1. The monoisotopic (exact) mass is 1190 g/mol. The van der Waals surface area contributed by atoms with Gasteiger partial charge < -0.3 is 28.5 Å². The molecule has 0 aliphatic heterocycles. The van der Waals surface area contributed by atoms with E-state index in [2.05, 4.69) is 123 Å². The van der Waals surface area contributed by atoms with E-state index in [-0.39, 0.29) is 18.9 Å². The second kappa shape index (κ2) is 62.5. The largest absolute Gasteiger partial charge is 0.756 e. The van der Waals surface area contributed by atoms with Crippen LogP contribution >= 0.6 is 7.82 Å². The molecule has 0 bridgehead atoms. The van der Waals surface area contributed by atoms with Crippen molar-refractivity contribution in [2.24, 2.45) is 0 Å². The van der Waals surface area contributed by atoms with Crippen LogP contribution in [0, 0.1) is 0 Å². The first-order valence-electron chi connectivity index (χ1n) is 34.3. The molecule has 84 heavy (non-hydrogen) atoms. The molecule has 3 unspecified atom stereocenters. The van der Waals surface area contributed by atoms with Crippen LogP contribution in [0.3, 0.4) is 0 Å². The minimum atomic E-state index is -4.73. The summed E-state index contributed by atoms with van der Waals surface area (Å²) in [6.45, 7) is 6.66. The summed E-state index contributed by atoms with van der Waals surface area (Å²) in [5.74, 6) is -0.641. The highest BCUT2D eigenvalue weighted by Gasteiger charge is 2.27. The van der Waals surface area contributed by atoms with Crippen LogP contribution in [-0.4, -0.2) is 69.4 Å². The zero-order valence-electron chi connectivity index (χ0n) is 55.1. The molecule has 0 aliphatic carbocycles. The minimum absolute atomic E-state index is 0.0388. The van der Waals surface area contributed by atoms with Gasteiger partial charge in [-0.1, -0.05) is 284 Å². The Morgan fingerprint density at radius 1 is 0.429 bits per heavy atom. The number of hydrogen-bond acceptors (Lipinski definition) is 7. The minimum Gasteiger partial charge on any atom is -0.756 e. The smallest absolute Gasteiger partial charge is 0.306 e. The third-order valence-electron chi connectivity index (χ3n) is 14.6. The molecule has 0 aromatic heterocycles. The summed E-state index contributed by atoms with van der Waals surface area (Å²) < 4.78 is 30.3. The van der Waals surface area contributed by atoms with Crippen LogP contribution in [0.1, 0.15) is 284 Å². The second-order valence-corrected chi connectivity index (χ2v) is 25.4. The molecule has 9 nitrogen and oxygen atoms in total. The number of quaternary nitrogens is 1. The molecular weight excluding hydrogens is 1060 g/mol. The lowest BCUT2D eigenvalue weighted by Gasteiger charge is -2.30. The molecule has 0 saturated carbocycles. The number of likely N-dealkylation sites (N-methyl/N-ethyl adjacent to an activating group) is 1. The lowest BCUT2D eigenvalue weighted by molar-refractivity contribution is -0.870. The molecule has 0 saturated heterocycles. The van der Waals surface area contributed by atoms with Crippen LogP contribution in [0.5, 0.6) is 0 Å². The molecule has 482 valence electrons. The Morgan fingerprint density at radius 3 is 1.19 bits per heavy atom. The van der Waals surface area contributed by atoms with E-state index >= 15 is 0 Å². The summed E-state index contributed by atoms with van der Waals surface area (Å²) in [5, 5.41) is 3.02. The summed E-state index contributed by atoms with van der Waals surface area (Å²) in [5.41, 5.74) is 0. The SMILES string of the molecule is CC/C=C\C/C=C\C/C=C\C/C=C\C/C=C\C/C=C\CCC(=O)OC(/C=C\CCCCCCCCCCCC)C(COP(=O)([O-])OCC[N+](C)(C)C)NC(=O)CCCCCCCCCCCCCCCC/C=C\C/C=C\C/C=C\CCCCC. The number of carbonyl (C=O) groups is 2. The third kappa shape index (κ3) is 62.9. The Balaban J connectivity index is 5.16. The molecule has 0 spiro atoms. The molecule has 0 radical (unpaired) electrons. The number of esters is 1. The number of rotatable bonds is 61. The van der Waals surface area contributed by atoms with Crippen molar-refractivity contribution >= 4 is 19.7 Å². The molecule has 3 atom stereocenters. The second-order valence-electron chi connectivity index (χ2n) is 23.9. The Hall–Kier alpha value is -3.59. The number of allylic oxidation sites excluding steroid dienone is 19. The van der Waals surface area contributed by atoms with Gasteiger partial charge in [-0.25, -0.2) is 0 Å². The highest BCUT2D eigenvalue weighted by molar-refractivity contribution is 7.45. The highest BCUT2D eigenvalue weighted by Crippen LogP contribution is 2.38. The Morgan fingerprint density at radius 2 is 0.774 bits per heavy atom. The van der Waals surface area contributed by atoms with Crippen LogP contribution in [0.15, 0.2) is 122 Å². The van der Waals surface area contributed by atoms with Gasteiger partial charge in [0.05, 0.1) is 33.8 Å². The van der Waals surface area contributed by atoms with E-state index in [4.69, 9.17) is 13.8 Å². The van der Waals surface area contributed by atoms with Gasteiger partial charge in [0, 0.05) is 12.8 Å². The summed E-state index contributed by atoms with van der Waals surface area (Å²) in [6, 6.07) is -0.927. The molecule has 0 aromatic rings. The number of nitrogens with one attached hydrogen (secondary N) is 1. The quantitative estimate of drug-likeness (QED) is 0.0212. The van der Waals surface area contributed by atoms with E-state index in [0.717, 1.165) is 96.3 Å². The van der Waals surface area contributed by atoms with Crippen molar-refractivity contribution in [3.63, 3.8) is 0 Å². The van der Waals surface area contributed by atoms with Crippen molar-refractivity contribution in [3.05, 3.63) is 122 Å². The zero-order valence-corrected chi connectivity index (χ0v) is 56.0. The summed E-state index contributed by atoms with van der Waals surface area (Å²) >= 11 is 0. The number of unbranched alkanes of at least 4 members (excludes halogenated alkanes) is 27.